The van der Waals surface area contributed by atoms with E-state index in [1.165, 1.54) is 6.42 Å². The number of carboxylic acid groups (broad SMARTS) is 1. The lowest BCUT2D eigenvalue weighted by molar-refractivity contribution is -0.139. The second-order valence-electron chi connectivity index (χ2n) is 7.27. The van der Waals surface area contributed by atoms with Crippen LogP contribution in [0.1, 0.15) is 42.5 Å². The second-order valence-corrected chi connectivity index (χ2v) is 7.27. The molecule has 3 aromatic carbocycles. The van der Waals surface area contributed by atoms with E-state index in [9.17, 15) is 14.7 Å². The van der Waals surface area contributed by atoms with Gasteiger partial charge >= 0.3 is 11.9 Å². The van der Waals surface area contributed by atoms with Crippen LogP contribution in [0.2, 0.25) is 0 Å². The standard InChI is InChI=1S/C24H22O4/c25-23(26)20-13-5-4-12-18(20)19-14-6-10-16-11-7-15-21(22(16)19)28-24(27)17-8-2-1-3-9-17/h4-7,10-15,17H,1-3,8-9H2,(H,25,26). The van der Waals surface area contributed by atoms with Crippen LogP contribution >= 0.6 is 0 Å². The van der Waals surface area contributed by atoms with E-state index >= 15 is 0 Å². The molecule has 0 bridgehead atoms. The van der Waals surface area contributed by atoms with Crippen molar-refractivity contribution in [1.29, 1.82) is 0 Å². The maximum atomic E-state index is 12.7. The number of aromatic carboxylic acids is 1. The van der Waals surface area contributed by atoms with Gasteiger partial charge in [-0.3, -0.25) is 4.79 Å². The highest BCUT2D eigenvalue weighted by Gasteiger charge is 2.24. The van der Waals surface area contributed by atoms with Gasteiger partial charge in [0, 0.05) is 5.39 Å². The van der Waals surface area contributed by atoms with Gasteiger partial charge < -0.3 is 9.84 Å². The second kappa shape index (κ2) is 7.85. The maximum Gasteiger partial charge on any atom is 0.336 e. The molecule has 0 unspecified atom stereocenters. The van der Waals surface area contributed by atoms with Gasteiger partial charge in [0.2, 0.25) is 0 Å². The number of hydrogen-bond acceptors (Lipinski definition) is 3. The highest BCUT2D eigenvalue weighted by molar-refractivity contribution is 6.06. The van der Waals surface area contributed by atoms with Crippen LogP contribution in [0.3, 0.4) is 0 Å². The number of rotatable bonds is 4. The minimum Gasteiger partial charge on any atom is -0.478 e. The third-order valence-electron chi connectivity index (χ3n) is 5.46. The highest BCUT2D eigenvalue weighted by Crippen LogP contribution is 2.37. The van der Waals surface area contributed by atoms with Crippen LogP contribution in [0.4, 0.5) is 0 Å². The number of fused-ring (bicyclic) bond motifs is 1. The van der Waals surface area contributed by atoms with Crippen LogP contribution in [0, 0.1) is 5.92 Å². The molecule has 0 heterocycles. The molecule has 3 aromatic rings. The van der Waals surface area contributed by atoms with E-state index in [1.54, 1.807) is 24.3 Å². The summed E-state index contributed by atoms with van der Waals surface area (Å²) in [6, 6.07) is 18.2. The zero-order valence-electron chi connectivity index (χ0n) is 15.6. The largest absolute Gasteiger partial charge is 0.478 e. The number of hydrogen-bond donors (Lipinski definition) is 1. The molecule has 1 aliphatic carbocycles. The van der Waals surface area contributed by atoms with Crippen molar-refractivity contribution in [2.24, 2.45) is 5.92 Å². The first-order chi connectivity index (χ1) is 13.6. The first-order valence-corrected chi connectivity index (χ1v) is 9.71. The molecule has 1 aliphatic rings. The van der Waals surface area contributed by atoms with Crippen molar-refractivity contribution in [2.75, 3.05) is 0 Å². The zero-order chi connectivity index (χ0) is 19.5. The Bertz CT molecular complexity index is 1030. The molecule has 0 aliphatic heterocycles. The number of carbonyl (C=O) groups excluding carboxylic acids is 1. The predicted molar refractivity (Wildman–Crippen MR) is 109 cm³/mol. The molecule has 4 heteroatoms. The van der Waals surface area contributed by atoms with Crippen molar-refractivity contribution in [3.63, 3.8) is 0 Å². The Balaban J connectivity index is 1.81. The first kappa shape index (κ1) is 18.2. The summed E-state index contributed by atoms with van der Waals surface area (Å²) >= 11 is 0. The average Bonchev–Trinajstić information content (AvgIpc) is 2.74. The summed E-state index contributed by atoms with van der Waals surface area (Å²) in [4.78, 5) is 24.4. The molecule has 0 aromatic heterocycles. The van der Waals surface area contributed by atoms with Gasteiger partial charge in [0.15, 0.2) is 0 Å². The zero-order valence-corrected chi connectivity index (χ0v) is 15.6. The quantitative estimate of drug-likeness (QED) is 0.471. The van der Waals surface area contributed by atoms with E-state index in [-0.39, 0.29) is 17.5 Å². The third kappa shape index (κ3) is 3.50. The minimum absolute atomic E-state index is 0.0533. The van der Waals surface area contributed by atoms with Crippen LogP contribution in [-0.4, -0.2) is 17.0 Å². The van der Waals surface area contributed by atoms with Gasteiger partial charge in [-0.05, 0) is 41.5 Å². The molecule has 0 amide bonds. The number of ether oxygens (including phenoxy) is 1. The number of carbonyl (C=O) groups is 2. The van der Waals surface area contributed by atoms with Crippen LogP contribution in [0.15, 0.2) is 60.7 Å². The Hall–Kier alpha value is -3.14. The molecular formula is C24H22O4. The maximum absolute atomic E-state index is 12.7. The molecule has 0 saturated heterocycles. The monoisotopic (exact) mass is 374 g/mol. The molecule has 1 N–H and O–H groups in total. The molecule has 4 rings (SSSR count). The molecule has 142 valence electrons. The van der Waals surface area contributed by atoms with Crippen LogP contribution < -0.4 is 4.74 Å². The molecule has 4 nitrogen and oxygen atoms in total. The number of esters is 1. The van der Waals surface area contributed by atoms with Crippen LogP contribution in [0.5, 0.6) is 5.75 Å². The van der Waals surface area contributed by atoms with E-state index in [1.807, 2.05) is 36.4 Å². The SMILES string of the molecule is O=C(O)c1ccccc1-c1cccc2cccc(OC(=O)C3CCCCC3)c12. The van der Waals surface area contributed by atoms with Crippen molar-refractivity contribution >= 4 is 22.7 Å². The topological polar surface area (TPSA) is 63.6 Å². The Morgan fingerprint density at radius 3 is 2.25 bits per heavy atom. The predicted octanol–water partition coefficient (Wildman–Crippen LogP) is 5.69. The van der Waals surface area contributed by atoms with Gasteiger partial charge in [0.05, 0.1) is 11.5 Å². The number of benzene rings is 3. The van der Waals surface area contributed by atoms with Gasteiger partial charge in [0.25, 0.3) is 0 Å². The van der Waals surface area contributed by atoms with Gasteiger partial charge in [-0.2, -0.15) is 0 Å². The van der Waals surface area contributed by atoms with Gasteiger partial charge in [0.1, 0.15) is 5.75 Å². The van der Waals surface area contributed by atoms with E-state index in [2.05, 4.69) is 0 Å². The van der Waals surface area contributed by atoms with Gasteiger partial charge in [-0.25, -0.2) is 4.79 Å². The summed E-state index contributed by atoms with van der Waals surface area (Å²) < 4.78 is 5.84. The normalized spacial score (nSPS) is 14.7. The molecule has 1 saturated carbocycles. The highest BCUT2D eigenvalue weighted by atomic mass is 16.5. The Kier molecular flexibility index (Phi) is 5.11. The summed E-state index contributed by atoms with van der Waals surface area (Å²) in [6.07, 6.45) is 5.05. The van der Waals surface area contributed by atoms with Crippen molar-refractivity contribution < 1.29 is 19.4 Å². The molecule has 28 heavy (non-hydrogen) atoms. The summed E-state index contributed by atoms with van der Waals surface area (Å²) in [5.74, 6) is -0.732. The lowest BCUT2D eigenvalue weighted by Crippen LogP contribution is -2.22. The third-order valence-corrected chi connectivity index (χ3v) is 5.46. The Labute approximate surface area is 163 Å². The molecule has 0 spiro atoms. The molecule has 0 radical (unpaired) electrons. The van der Waals surface area contributed by atoms with E-state index in [0.29, 0.717) is 11.3 Å². The lowest BCUT2D eigenvalue weighted by atomic mass is 9.89. The fourth-order valence-electron chi connectivity index (χ4n) is 4.05. The summed E-state index contributed by atoms with van der Waals surface area (Å²) in [5.41, 5.74) is 1.59. The average molecular weight is 374 g/mol. The van der Waals surface area contributed by atoms with E-state index in [0.717, 1.165) is 42.0 Å². The van der Waals surface area contributed by atoms with Gasteiger partial charge in [-0.15, -0.1) is 0 Å². The van der Waals surface area contributed by atoms with Crippen molar-refractivity contribution in [3.8, 4) is 16.9 Å². The summed E-state index contributed by atoms with van der Waals surface area (Å²) in [7, 11) is 0. The van der Waals surface area contributed by atoms with Crippen LogP contribution in [-0.2, 0) is 4.79 Å². The van der Waals surface area contributed by atoms with Gasteiger partial charge in [-0.1, -0.05) is 67.8 Å². The smallest absolute Gasteiger partial charge is 0.336 e. The summed E-state index contributed by atoms with van der Waals surface area (Å²) in [6.45, 7) is 0. The fraction of sp³-hybridized carbons (Fsp3) is 0.250. The molecule has 1 fully saturated rings. The Morgan fingerprint density at radius 2 is 1.50 bits per heavy atom. The van der Waals surface area contributed by atoms with Crippen molar-refractivity contribution in [2.45, 2.75) is 32.1 Å². The molecular weight excluding hydrogens is 352 g/mol. The van der Waals surface area contributed by atoms with Crippen molar-refractivity contribution in [1.82, 2.24) is 0 Å². The minimum atomic E-state index is -0.982. The molecule has 0 atom stereocenters. The number of carboxylic acids is 1. The summed E-state index contributed by atoms with van der Waals surface area (Å²) in [5, 5.41) is 11.3. The first-order valence-electron chi connectivity index (χ1n) is 9.71. The fourth-order valence-corrected chi connectivity index (χ4v) is 4.05. The Morgan fingerprint density at radius 1 is 0.821 bits per heavy atom. The van der Waals surface area contributed by atoms with Crippen LogP contribution in [0.25, 0.3) is 21.9 Å². The van der Waals surface area contributed by atoms with Crippen molar-refractivity contribution in [3.05, 3.63) is 66.2 Å². The van der Waals surface area contributed by atoms with E-state index < -0.39 is 5.97 Å². The van der Waals surface area contributed by atoms with E-state index in [4.69, 9.17) is 4.74 Å². The lowest BCUT2D eigenvalue weighted by Gasteiger charge is -2.20.